The van der Waals surface area contributed by atoms with Crippen LogP contribution in [-0.4, -0.2) is 74.3 Å². The van der Waals surface area contributed by atoms with E-state index in [-0.39, 0.29) is 31.3 Å². The molecule has 2 aliphatic heterocycles. The number of Topliss-reactive ketones (excluding diaryl/α,β-unsaturated/α-hetero) is 1. The lowest BCUT2D eigenvalue weighted by molar-refractivity contribution is -0.168. The molecular weight excluding hydrogens is 815 g/mol. The summed E-state index contributed by atoms with van der Waals surface area (Å²) in [6.45, 7) is 10.1. The standard InChI is InChI=1S/C55H75N3O7/c1-34(11-7-13-35(2)39-16-5-6-17-39)12-8-19-41(33-59)45-26-28-55(51(45)63)47-24-23-42(60)30-38-15-9-14-37(29-38)21-22-43(61)32-57-50-49-40(18-10-20-46(49)52(56)58-53(50)64)31-48(62)36(3)44(47)25-27-54(55,4)65/h8-10,12-15,18-20,29,39,42-43,45,47,50-52,57,59-61,63,65H,1,5-7,11,16-17,21-28,30-33,56H2,2-4H3,(H,58,64)/b12-8+,35-13-,41-19-,44-36+/t42-,43-,45+,47+,50-,51+,52-,54+,55+/m0/s1. The molecule has 3 aliphatic carbocycles. The highest BCUT2D eigenvalue weighted by Gasteiger charge is 2.64. The first-order chi connectivity index (χ1) is 31.1. The van der Waals surface area contributed by atoms with E-state index in [1.54, 1.807) is 0 Å². The molecule has 0 aromatic heterocycles. The second-order valence-electron chi connectivity index (χ2n) is 20.3. The summed E-state index contributed by atoms with van der Waals surface area (Å²) < 4.78 is 0. The van der Waals surface area contributed by atoms with Gasteiger partial charge in [0.05, 0.1) is 30.5 Å². The zero-order chi connectivity index (χ0) is 46.5. The van der Waals surface area contributed by atoms with Crippen molar-refractivity contribution in [1.29, 1.82) is 0 Å². The van der Waals surface area contributed by atoms with Crippen LogP contribution in [0.5, 0.6) is 0 Å². The van der Waals surface area contributed by atoms with Crippen LogP contribution < -0.4 is 16.4 Å². The van der Waals surface area contributed by atoms with Gasteiger partial charge in [0.25, 0.3) is 0 Å². The van der Waals surface area contributed by atoms with Crippen molar-refractivity contribution < 1.29 is 35.1 Å². The fraction of sp³-hybridized carbons (Fsp3) is 0.564. The van der Waals surface area contributed by atoms with E-state index < -0.39 is 53.4 Å². The minimum Gasteiger partial charge on any atom is -0.393 e. The maximum Gasteiger partial charge on any atom is 0.243 e. The number of aryl methyl sites for hydroxylation is 1. The first kappa shape index (κ1) is 48.9. The number of hydrogen-bond donors (Lipinski definition) is 8. The maximum atomic E-state index is 14.7. The molecule has 2 aromatic carbocycles. The van der Waals surface area contributed by atoms with Gasteiger partial charge in [-0.3, -0.25) is 14.9 Å². The number of aliphatic hydroxyl groups excluding tert-OH is 4. The predicted octanol–water partition coefficient (Wildman–Crippen LogP) is 7.39. The van der Waals surface area contributed by atoms with E-state index in [0.717, 1.165) is 35.1 Å². The quantitative estimate of drug-likeness (QED) is 0.0989. The summed E-state index contributed by atoms with van der Waals surface area (Å²) in [6, 6.07) is 12.8. The lowest BCUT2D eigenvalue weighted by atomic mass is 9.52. The van der Waals surface area contributed by atoms with Crippen molar-refractivity contribution in [3.05, 3.63) is 129 Å². The van der Waals surface area contributed by atoms with Crippen LogP contribution in [0, 0.1) is 23.2 Å². The van der Waals surface area contributed by atoms with Gasteiger partial charge in [0.1, 0.15) is 12.2 Å². The number of β-amino-alcohol motifs (C(OH)–C–C–N with tert-alkyl or cyclic N) is 1. The Bertz CT molecular complexity index is 2180. The van der Waals surface area contributed by atoms with Gasteiger partial charge in [0.15, 0.2) is 5.78 Å². The van der Waals surface area contributed by atoms with Crippen LogP contribution in [0.25, 0.3) is 0 Å². The highest BCUT2D eigenvalue weighted by Crippen LogP contribution is 2.63. The third-order valence-electron chi connectivity index (χ3n) is 16.2. The van der Waals surface area contributed by atoms with Gasteiger partial charge in [-0.25, -0.2) is 0 Å². The Labute approximate surface area is 386 Å². The second-order valence-corrected chi connectivity index (χ2v) is 20.3. The van der Waals surface area contributed by atoms with E-state index in [0.29, 0.717) is 91.5 Å². The predicted molar refractivity (Wildman–Crippen MR) is 256 cm³/mol. The molecule has 3 saturated carbocycles. The molecule has 352 valence electrons. The summed E-state index contributed by atoms with van der Waals surface area (Å²) in [5.74, 6) is -0.618. The molecule has 7 rings (SSSR count). The van der Waals surface area contributed by atoms with Gasteiger partial charge in [-0.2, -0.15) is 0 Å². The van der Waals surface area contributed by atoms with Crippen molar-refractivity contribution in [2.24, 2.45) is 28.9 Å². The smallest absolute Gasteiger partial charge is 0.243 e. The largest absolute Gasteiger partial charge is 0.393 e. The molecule has 10 nitrogen and oxygen atoms in total. The molecule has 5 aliphatic rings. The summed E-state index contributed by atoms with van der Waals surface area (Å²) in [4.78, 5) is 28.3. The van der Waals surface area contributed by atoms with E-state index >= 15 is 0 Å². The van der Waals surface area contributed by atoms with Crippen LogP contribution in [0.4, 0.5) is 0 Å². The Kier molecular flexibility index (Phi) is 16.0. The molecule has 3 fully saturated rings. The molecule has 9 N–H and O–H groups in total. The molecule has 65 heavy (non-hydrogen) atoms. The number of fused-ring (bicyclic) bond motifs is 4. The molecule has 1 spiro atoms. The Morgan fingerprint density at radius 1 is 0.954 bits per heavy atom. The normalized spacial score (nSPS) is 33.5. The van der Waals surface area contributed by atoms with Gasteiger partial charge in [-0.1, -0.05) is 103 Å². The number of carbonyl (C=O) groups is 2. The van der Waals surface area contributed by atoms with Gasteiger partial charge in [-0.05, 0) is 155 Å². The summed E-state index contributed by atoms with van der Waals surface area (Å²) in [7, 11) is 0. The van der Waals surface area contributed by atoms with Crippen molar-refractivity contribution in [3.63, 3.8) is 0 Å². The zero-order valence-electron chi connectivity index (χ0n) is 39.0. The third-order valence-corrected chi connectivity index (χ3v) is 16.2. The van der Waals surface area contributed by atoms with E-state index in [1.165, 1.54) is 31.3 Å². The number of allylic oxidation sites excluding steroid dienone is 8. The van der Waals surface area contributed by atoms with E-state index in [2.05, 4.69) is 36.3 Å². The number of rotatable bonds is 8. The molecule has 2 heterocycles. The lowest BCUT2D eigenvalue weighted by Gasteiger charge is -2.56. The number of carbonyl (C=O) groups excluding carboxylic acids is 2. The van der Waals surface area contributed by atoms with Gasteiger partial charge in [0.2, 0.25) is 5.91 Å². The molecule has 10 heteroatoms. The summed E-state index contributed by atoms with van der Waals surface area (Å²) >= 11 is 0. The number of aliphatic hydroxyl groups is 5. The minimum absolute atomic E-state index is 0.00321. The summed E-state index contributed by atoms with van der Waals surface area (Å²) in [6.07, 6.45) is 15.9. The first-order valence-corrected chi connectivity index (χ1v) is 24.4. The van der Waals surface area contributed by atoms with Crippen LogP contribution >= 0.6 is 0 Å². The minimum atomic E-state index is -1.31. The highest BCUT2D eigenvalue weighted by atomic mass is 16.3. The highest BCUT2D eigenvalue weighted by molar-refractivity contribution is 5.98. The number of amides is 1. The number of ketones is 1. The fourth-order valence-corrected chi connectivity index (χ4v) is 12.4. The Balaban J connectivity index is 1.21. The lowest BCUT2D eigenvalue weighted by Crippen LogP contribution is -2.59. The summed E-state index contributed by atoms with van der Waals surface area (Å²) in [5, 5.41) is 65.0. The van der Waals surface area contributed by atoms with Crippen LogP contribution in [0.2, 0.25) is 0 Å². The van der Waals surface area contributed by atoms with E-state index in [1.807, 2.05) is 68.5 Å². The van der Waals surface area contributed by atoms with Gasteiger partial charge >= 0.3 is 0 Å². The average Bonchev–Trinajstić information content (AvgIpc) is 3.94. The van der Waals surface area contributed by atoms with Gasteiger partial charge in [0, 0.05) is 24.3 Å². The molecule has 2 bridgehead atoms. The summed E-state index contributed by atoms with van der Waals surface area (Å²) in [5.41, 5.74) is 12.7. The molecular formula is C55H75N3O7. The van der Waals surface area contributed by atoms with Crippen molar-refractivity contribution in [3.8, 4) is 0 Å². The molecule has 0 radical (unpaired) electrons. The Morgan fingerprint density at radius 2 is 1.71 bits per heavy atom. The SMILES string of the molecule is C=C(/C=C/C=C(/CO)[C@H]1CC[C@@]2([C@@H]3CC[C@H](O)Cc4cccc(c4)CC[C@H](O)CN[C@@H]4C(=O)N[C@H](N)c5cccc(c54)CC(=O)/C(C)=C/3CC[C@@]2(C)O)[C@@H]1O)CC/C=C(/C)C1CCCC1. The Hall–Kier alpha value is -4.00. The zero-order valence-corrected chi connectivity index (χ0v) is 39.0. The fourth-order valence-electron chi connectivity index (χ4n) is 12.4. The number of hydrogen-bond acceptors (Lipinski definition) is 9. The topological polar surface area (TPSA) is 185 Å². The van der Waals surface area contributed by atoms with Crippen molar-refractivity contribution in [2.75, 3.05) is 13.2 Å². The molecule has 1 amide bonds. The van der Waals surface area contributed by atoms with Crippen LogP contribution in [-0.2, 0) is 28.9 Å². The molecule has 9 atom stereocenters. The van der Waals surface area contributed by atoms with E-state index in [9.17, 15) is 35.1 Å². The van der Waals surface area contributed by atoms with Gasteiger partial charge in [-0.15, -0.1) is 0 Å². The van der Waals surface area contributed by atoms with E-state index in [4.69, 9.17) is 5.73 Å². The second kappa shape index (κ2) is 21.3. The van der Waals surface area contributed by atoms with Crippen molar-refractivity contribution in [2.45, 2.75) is 160 Å². The first-order valence-electron chi connectivity index (χ1n) is 24.4. The third kappa shape index (κ3) is 10.8. The molecule has 0 unspecified atom stereocenters. The van der Waals surface area contributed by atoms with Crippen LogP contribution in [0.15, 0.2) is 101 Å². The van der Waals surface area contributed by atoms with Crippen molar-refractivity contribution in [1.82, 2.24) is 10.6 Å². The number of nitrogens with one attached hydrogen (secondary N) is 2. The maximum absolute atomic E-state index is 14.7. The Morgan fingerprint density at radius 3 is 2.48 bits per heavy atom. The monoisotopic (exact) mass is 890 g/mol. The number of benzene rings is 2. The molecule has 0 saturated heterocycles. The van der Waals surface area contributed by atoms with Gasteiger partial charge < -0.3 is 36.6 Å². The number of nitrogens with two attached hydrogens (primary N) is 1. The average molecular weight is 890 g/mol. The molecule has 2 aromatic rings. The van der Waals surface area contributed by atoms with Crippen molar-refractivity contribution >= 4 is 11.7 Å². The van der Waals surface area contributed by atoms with Crippen LogP contribution in [0.1, 0.15) is 144 Å². The van der Waals surface area contributed by atoms with Crippen LogP contribution in [0.3, 0.4) is 0 Å².